The highest BCUT2D eigenvalue weighted by atomic mass is 16.1. The molecule has 0 aromatic rings. The number of Topliss-reactive ketones (excluding diaryl/α,β-unsaturated/α-hetero) is 1. The predicted octanol–water partition coefficient (Wildman–Crippen LogP) is 3.78. The van der Waals surface area contributed by atoms with Crippen molar-refractivity contribution in [3.8, 4) is 0 Å². The molecule has 13 heavy (non-hydrogen) atoms. The quantitative estimate of drug-likeness (QED) is 0.523. The van der Waals surface area contributed by atoms with Crippen LogP contribution in [0.4, 0.5) is 0 Å². The summed E-state index contributed by atoms with van der Waals surface area (Å²) in [5.74, 6) is 1.05. The first-order chi connectivity index (χ1) is 6.13. The van der Waals surface area contributed by atoms with E-state index in [0.717, 1.165) is 12.3 Å². The smallest absolute Gasteiger partial charge is 0.133 e. The fraction of sp³-hybridized carbons (Fsp3) is 0.833. The monoisotopic (exact) mass is 183 g/mol. The third-order valence-electron chi connectivity index (χ3n) is 2.17. The van der Waals surface area contributed by atoms with Crippen molar-refractivity contribution in [1.82, 2.24) is 0 Å². The first kappa shape index (κ1) is 12.7. The average Bonchev–Trinajstić information content (AvgIpc) is 2.01. The van der Waals surface area contributed by atoms with E-state index in [1.807, 2.05) is 0 Å². The number of rotatable bonds is 8. The Labute approximate surface area is 82.9 Å². The molecule has 77 valence electrons. The van der Waals surface area contributed by atoms with E-state index in [2.05, 4.69) is 13.8 Å². The van der Waals surface area contributed by atoms with Gasteiger partial charge in [0.05, 0.1) is 0 Å². The largest absolute Gasteiger partial charge is 0.300 e. The Morgan fingerprint density at radius 3 is 2.31 bits per heavy atom. The second-order valence-corrected chi connectivity index (χ2v) is 4.20. The van der Waals surface area contributed by atoms with Crippen LogP contribution in [0.3, 0.4) is 0 Å². The standard InChI is InChI=1S/C12H23O/c1-11(2)9-7-5-4-6-8-10-12(3)13/h10-11H,4-9H2,1-3H3. The van der Waals surface area contributed by atoms with Crippen LogP contribution in [0.25, 0.3) is 0 Å². The van der Waals surface area contributed by atoms with Gasteiger partial charge < -0.3 is 0 Å². The SMILES string of the molecule is CC(=O)[CH]CCCCCCC(C)C. The Morgan fingerprint density at radius 1 is 1.15 bits per heavy atom. The molecule has 0 aromatic carbocycles. The maximum absolute atomic E-state index is 10.6. The lowest BCUT2D eigenvalue weighted by atomic mass is 10.0. The van der Waals surface area contributed by atoms with Crippen LogP contribution in [0.2, 0.25) is 0 Å². The number of hydrogen-bond donors (Lipinski definition) is 0. The molecule has 0 saturated carbocycles. The van der Waals surface area contributed by atoms with E-state index >= 15 is 0 Å². The van der Waals surface area contributed by atoms with E-state index in [9.17, 15) is 4.79 Å². The summed E-state index contributed by atoms with van der Waals surface area (Å²) < 4.78 is 0. The zero-order valence-corrected chi connectivity index (χ0v) is 9.31. The number of ketones is 1. The average molecular weight is 183 g/mol. The van der Waals surface area contributed by atoms with Gasteiger partial charge in [-0.15, -0.1) is 0 Å². The molecule has 0 N–H and O–H groups in total. The van der Waals surface area contributed by atoms with Crippen molar-refractivity contribution in [2.45, 2.75) is 59.3 Å². The molecule has 1 nitrogen and oxygen atoms in total. The lowest BCUT2D eigenvalue weighted by molar-refractivity contribution is -0.114. The van der Waals surface area contributed by atoms with Gasteiger partial charge in [-0.05, 0) is 19.3 Å². The van der Waals surface area contributed by atoms with E-state index in [-0.39, 0.29) is 5.78 Å². The first-order valence-electron chi connectivity index (χ1n) is 5.46. The van der Waals surface area contributed by atoms with Gasteiger partial charge in [-0.3, -0.25) is 4.79 Å². The number of carbonyl (C=O) groups is 1. The van der Waals surface area contributed by atoms with Crippen LogP contribution in [0, 0.1) is 12.3 Å². The van der Waals surface area contributed by atoms with Crippen LogP contribution in [0.1, 0.15) is 59.3 Å². The normalized spacial score (nSPS) is 10.8. The van der Waals surface area contributed by atoms with Gasteiger partial charge >= 0.3 is 0 Å². The van der Waals surface area contributed by atoms with Crippen LogP contribution in [0.5, 0.6) is 0 Å². The summed E-state index contributed by atoms with van der Waals surface area (Å²) in [4.78, 5) is 10.6. The molecule has 0 aliphatic carbocycles. The van der Waals surface area contributed by atoms with Gasteiger partial charge in [0.25, 0.3) is 0 Å². The van der Waals surface area contributed by atoms with Gasteiger partial charge in [0.1, 0.15) is 5.78 Å². The fourth-order valence-electron chi connectivity index (χ4n) is 1.36. The Morgan fingerprint density at radius 2 is 1.77 bits per heavy atom. The molecular formula is C12H23O. The molecule has 0 aliphatic rings. The minimum Gasteiger partial charge on any atom is -0.300 e. The van der Waals surface area contributed by atoms with Crippen molar-refractivity contribution in [1.29, 1.82) is 0 Å². The summed E-state index contributed by atoms with van der Waals surface area (Å²) in [6.45, 7) is 6.16. The molecule has 1 radical (unpaired) electrons. The van der Waals surface area contributed by atoms with Gasteiger partial charge in [-0.25, -0.2) is 0 Å². The van der Waals surface area contributed by atoms with Crippen molar-refractivity contribution >= 4 is 5.78 Å². The Balaban J connectivity index is 2.96. The highest BCUT2D eigenvalue weighted by Gasteiger charge is 1.96. The molecule has 0 rings (SSSR count). The van der Waals surface area contributed by atoms with Crippen molar-refractivity contribution in [2.24, 2.45) is 5.92 Å². The van der Waals surface area contributed by atoms with Crippen LogP contribution >= 0.6 is 0 Å². The minimum atomic E-state index is 0.210. The molecule has 0 fully saturated rings. The topological polar surface area (TPSA) is 17.1 Å². The lowest BCUT2D eigenvalue weighted by Gasteiger charge is -2.03. The summed E-state index contributed by atoms with van der Waals surface area (Å²) in [6.07, 6.45) is 9.23. The van der Waals surface area contributed by atoms with Crippen LogP contribution in [-0.2, 0) is 4.79 Å². The van der Waals surface area contributed by atoms with Crippen molar-refractivity contribution in [3.05, 3.63) is 6.42 Å². The molecule has 0 unspecified atom stereocenters. The number of unbranched alkanes of at least 4 members (excludes halogenated alkanes) is 4. The second kappa shape index (κ2) is 8.28. The van der Waals surface area contributed by atoms with Crippen molar-refractivity contribution in [3.63, 3.8) is 0 Å². The Hall–Kier alpha value is -0.330. The molecule has 0 amide bonds. The molecular weight excluding hydrogens is 160 g/mol. The van der Waals surface area contributed by atoms with Gasteiger partial charge in [-0.2, -0.15) is 0 Å². The molecule has 0 spiro atoms. The van der Waals surface area contributed by atoms with E-state index in [1.165, 1.54) is 32.1 Å². The van der Waals surface area contributed by atoms with Crippen LogP contribution < -0.4 is 0 Å². The van der Waals surface area contributed by atoms with Gasteiger partial charge in [0.2, 0.25) is 0 Å². The molecule has 0 atom stereocenters. The summed E-state index contributed by atoms with van der Waals surface area (Å²) >= 11 is 0. The lowest BCUT2D eigenvalue weighted by Crippen LogP contribution is -1.91. The number of carbonyl (C=O) groups excluding carboxylic acids is 1. The maximum Gasteiger partial charge on any atom is 0.133 e. The second-order valence-electron chi connectivity index (χ2n) is 4.20. The summed E-state index contributed by atoms with van der Waals surface area (Å²) in [5, 5.41) is 0. The van der Waals surface area contributed by atoms with E-state index < -0.39 is 0 Å². The summed E-state index contributed by atoms with van der Waals surface area (Å²) in [6, 6.07) is 0. The minimum absolute atomic E-state index is 0.210. The Kier molecular flexibility index (Phi) is 8.07. The third-order valence-corrected chi connectivity index (χ3v) is 2.17. The first-order valence-corrected chi connectivity index (χ1v) is 5.46. The number of hydrogen-bond acceptors (Lipinski definition) is 1. The highest BCUT2D eigenvalue weighted by molar-refractivity contribution is 5.84. The maximum atomic E-state index is 10.6. The molecule has 0 aliphatic heterocycles. The van der Waals surface area contributed by atoms with Gasteiger partial charge in [-0.1, -0.05) is 46.0 Å². The summed E-state index contributed by atoms with van der Waals surface area (Å²) in [7, 11) is 0. The predicted molar refractivity (Wildman–Crippen MR) is 57.5 cm³/mol. The van der Waals surface area contributed by atoms with E-state index in [0.29, 0.717) is 0 Å². The molecule has 0 heterocycles. The molecule has 1 heteroatoms. The van der Waals surface area contributed by atoms with E-state index in [4.69, 9.17) is 0 Å². The van der Waals surface area contributed by atoms with Crippen molar-refractivity contribution < 1.29 is 4.79 Å². The fourth-order valence-corrected chi connectivity index (χ4v) is 1.36. The zero-order chi connectivity index (χ0) is 10.1. The van der Waals surface area contributed by atoms with Crippen molar-refractivity contribution in [2.75, 3.05) is 0 Å². The Bertz CT molecular complexity index is 127. The van der Waals surface area contributed by atoms with Crippen LogP contribution in [0.15, 0.2) is 0 Å². The zero-order valence-electron chi connectivity index (χ0n) is 9.31. The van der Waals surface area contributed by atoms with Gasteiger partial charge in [0, 0.05) is 6.42 Å². The molecule has 0 bridgehead atoms. The highest BCUT2D eigenvalue weighted by Crippen LogP contribution is 2.10. The van der Waals surface area contributed by atoms with E-state index in [1.54, 1.807) is 13.3 Å². The third kappa shape index (κ3) is 11.7. The molecule has 0 aromatic heterocycles. The van der Waals surface area contributed by atoms with Gasteiger partial charge in [0.15, 0.2) is 0 Å². The summed E-state index contributed by atoms with van der Waals surface area (Å²) in [5.41, 5.74) is 0. The molecule has 0 saturated heterocycles. The van der Waals surface area contributed by atoms with Crippen LogP contribution in [-0.4, -0.2) is 5.78 Å².